The molecule has 1 aliphatic rings. The summed E-state index contributed by atoms with van der Waals surface area (Å²) in [5.41, 5.74) is 0.713. The van der Waals surface area contributed by atoms with Gasteiger partial charge in [-0.05, 0) is 30.9 Å². The Morgan fingerprint density at radius 1 is 1.40 bits per heavy atom. The van der Waals surface area contributed by atoms with Gasteiger partial charge in [-0.3, -0.25) is 4.79 Å². The Labute approximate surface area is 90.0 Å². The van der Waals surface area contributed by atoms with E-state index in [0.29, 0.717) is 11.5 Å². The molecule has 1 saturated carbocycles. The van der Waals surface area contributed by atoms with Crippen LogP contribution < -0.4 is 5.32 Å². The van der Waals surface area contributed by atoms with Crippen LogP contribution in [-0.2, 0) is 0 Å². The Balaban J connectivity index is 1.99. The molecule has 1 N–H and O–H groups in total. The van der Waals surface area contributed by atoms with E-state index in [0.717, 1.165) is 0 Å². The van der Waals surface area contributed by atoms with E-state index in [1.807, 2.05) is 36.4 Å². The first-order valence-corrected chi connectivity index (χ1v) is 5.29. The molecule has 0 heterocycles. The van der Waals surface area contributed by atoms with E-state index >= 15 is 0 Å². The average Bonchev–Trinajstić information content (AvgIpc) is 3.10. The van der Waals surface area contributed by atoms with Crippen molar-refractivity contribution in [2.24, 2.45) is 5.92 Å². The van der Waals surface area contributed by atoms with E-state index in [-0.39, 0.29) is 11.9 Å². The zero-order valence-corrected chi connectivity index (χ0v) is 8.65. The summed E-state index contributed by atoms with van der Waals surface area (Å²) >= 11 is 0. The number of benzene rings is 1. The highest BCUT2D eigenvalue weighted by atomic mass is 16.1. The second kappa shape index (κ2) is 4.30. The molecule has 0 aliphatic heterocycles. The van der Waals surface area contributed by atoms with Crippen LogP contribution in [0.3, 0.4) is 0 Å². The maximum absolute atomic E-state index is 11.8. The van der Waals surface area contributed by atoms with Crippen LogP contribution in [0.15, 0.2) is 43.0 Å². The summed E-state index contributed by atoms with van der Waals surface area (Å²) in [4.78, 5) is 11.8. The third kappa shape index (κ3) is 2.46. The van der Waals surface area contributed by atoms with Gasteiger partial charge >= 0.3 is 0 Å². The third-order valence-corrected chi connectivity index (χ3v) is 2.72. The third-order valence-electron chi connectivity index (χ3n) is 2.72. The zero-order chi connectivity index (χ0) is 10.7. The monoisotopic (exact) mass is 201 g/mol. The maximum atomic E-state index is 11.8. The highest BCUT2D eigenvalue weighted by Crippen LogP contribution is 2.33. The lowest BCUT2D eigenvalue weighted by Crippen LogP contribution is -2.34. The van der Waals surface area contributed by atoms with E-state index in [4.69, 9.17) is 0 Å². The molecule has 1 amide bonds. The van der Waals surface area contributed by atoms with Crippen LogP contribution in [0.1, 0.15) is 23.2 Å². The fraction of sp³-hybridized carbons (Fsp3) is 0.308. The Bertz CT molecular complexity index is 354. The molecule has 0 bridgehead atoms. The molecule has 15 heavy (non-hydrogen) atoms. The minimum absolute atomic E-state index is 0.00704. The molecule has 0 spiro atoms. The Morgan fingerprint density at radius 2 is 2.07 bits per heavy atom. The molecule has 0 aromatic heterocycles. The lowest BCUT2D eigenvalue weighted by molar-refractivity contribution is 0.0941. The highest BCUT2D eigenvalue weighted by Gasteiger charge is 2.30. The molecule has 1 aliphatic carbocycles. The Hall–Kier alpha value is -1.57. The van der Waals surface area contributed by atoms with Crippen molar-refractivity contribution in [3.8, 4) is 0 Å². The molecule has 0 radical (unpaired) electrons. The van der Waals surface area contributed by atoms with Crippen LogP contribution in [-0.4, -0.2) is 11.9 Å². The molecule has 78 valence electrons. The van der Waals surface area contributed by atoms with Crippen molar-refractivity contribution < 1.29 is 4.79 Å². The number of amides is 1. The summed E-state index contributed by atoms with van der Waals surface area (Å²) in [6.07, 6.45) is 4.23. The zero-order valence-electron chi connectivity index (χ0n) is 8.65. The highest BCUT2D eigenvalue weighted by molar-refractivity contribution is 5.94. The normalized spacial score (nSPS) is 16.8. The van der Waals surface area contributed by atoms with E-state index < -0.39 is 0 Å². The average molecular weight is 201 g/mol. The summed E-state index contributed by atoms with van der Waals surface area (Å²) in [6.45, 7) is 3.75. The number of carbonyl (C=O) groups excluding carboxylic acids is 1. The number of hydrogen-bond donors (Lipinski definition) is 1. The van der Waals surface area contributed by atoms with Gasteiger partial charge in [0.05, 0.1) is 0 Å². The Morgan fingerprint density at radius 3 is 2.60 bits per heavy atom. The smallest absolute Gasteiger partial charge is 0.251 e. The predicted molar refractivity (Wildman–Crippen MR) is 60.6 cm³/mol. The summed E-state index contributed by atoms with van der Waals surface area (Å²) in [6, 6.07) is 9.43. The number of carbonyl (C=O) groups is 1. The van der Waals surface area contributed by atoms with Gasteiger partial charge in [0.2, 0.25) is 0 Å². The van der Waals surface area contributed by atoms with Crippen molar-refractivity contribution in [1.29, 1.82) is 0 Å². The molecule has 2 rings (SSSR count). The molecule has 1 aromatic rings. The van der Waals surface area contributed by atoms with Crippen LogP contribution in [0, 0.1) is 5.92 Å². The number of rotatable bonds is 4. The van der Waals surface area contributed by atoms with Gasteiger partial charge in [-0.2, -0.15) is 0 Å². The number of hydrogen-bond acceptors (Lipinski definition) is 1. The first-order valence-electron chi connectivity index (χ1n) is 5.29. The molecule has 0 saturated heterocycles. The van der Waals surface area contributed by atoms with Crippen molar-refractivity contribution in [1.82, 2.24) is 5.32 Å². The van der Waals surface area contributed by atoms with Gasteiger partial charge < -0.3 is 5.32 Å². The van der Waals surface area contributed by atoms with Gasteiger partial charge in [-0.25, -0.2) is 0 Å². The van der Waals surface area contributed by atoms with Crippen molar-refractivity contribution in [2.75, 3.05) is 0 Å². The second-order valence-electron chi connectivity index (χ2n) is 3.94. The number of nitrogens with one attached hydrogen (secondary N) is 1. The molecule has 1 fully saturated rings. The SMILES string of the molecule is C=C[C@H](NC(=O)c1ccccc1)C1CC1. The lowest BCUT2D eigenvalue weighted by Gasteiger charge is -2.13. The topological polar surface area (TPSA) is 29.1 Å². The van der Waals surface area contributed by atoms with Crippen LogP contribution in [0.25, 0.3) is 0 Å². The van der Waals surface area contributed by atoms with Crippen molar-refractivity contribution >= 4 is 5.91 Å². The maximum Gasteiger partial charge on any atom is 0.251 e. The van der Waals surface area contributed by atoms with Gasteiger partial charge in [-0.1, -0.05) is 24.3 Å². The second-order valence-corrected chi connectivity index (χ2v) is 3.94. The van der Waals surface area contributed by atoms with Gasteiger partial charge in [0.1, 0.15) is 0 Å². The first kappa shape index (κ1) is 9.97. The van der Waals surface area contributed by atoms with Gasteiger partial charge in [0, 0.05) is 11.6 Å². The van der Waals surface area contributed by atoms with Crippen molar-refractivity contribution in [3.63, 3.8) is 0 Å². The van der Waals surface area contributed by atoms with Crippen LogP contribution >= 0.6 is 0 Å². The Kier molecular flexibility index (Phi) is 2.86. The van der Waals surface area contributed by atoms with E-state index in [1.54, 1.807) is 0 Å². The summed E-state index contributed by atoms with van der Waals surface area (Å²) in [5.74, 6) is 0.600. The van der Waals surface area contributed by atoms with E-state index in [2.05, 4.69) is 11.9 Å². The van der Waals surface area contributed by atoms with Crippen LogP contribution in [0.2, 0.25) is 0 Å². The van der Waals surface area contributed by atoms with Gasteiger partial charge in [0.15, 0.2) is 0 Å². The minimum Gasteiger partial charge on any atom is -0.346 e. The van der Waals surface area contributed by atoms with Gasteiger partial charge in [-0.15, -0.1) is 6.58 Å². The fourth-order valence-electron chi connectivity index (χ4n) is 1.65. The standard InChI is InChI=1S/C13H15NO/c1-2-12(10-8-9-10)14-13(15)11-6-4-3-5-7-11/h2-7,10,12H,1,8-9H2,(H,14,15)/t12-/m0/s1. The molecule has 0 unspecified atom stereocenters. The van der Waals surface area contributed by atoms with Crippen LogP contribution in [0.5, 0.6) is 0 Å². The molecule has 1 aromatic carbocycles. The molecular formula is C13H15NO. The minimum atomic E-state index is -0.00704. The van der Waals surface area contributed by atoms with Gasteiger partial charge in [0.25, 0.3) is 5.91 Å². The molecular weight excluding hydrogens is 186 g/mol. The summed E-state index contributed by atoms with van der Waals surface area (Å²) < 4.78 is 0. The summed E-state index contributed by atoms with van der Waals surface area (Å²) in [5, 5.41) is 2.99. The first-order chi connectivity index (χ1) is 7.31. The van der Waals surface area contributed by atoms with E-state index in [1.165, 1.54) is 12.8 Å². The summed E-state index contributed by atoms with van der Waals surface area (Å²) in [7, 11) is 0. The largest absolute Gasteiger partial charge is 0.346 e. The molecule has 2 nitrogen and oxygen atoms in total. The van der Waals surface area contributed by atoms with Crippen molar-refractivity contribution in [3.05, 3.63) is 48.6 Å². The lowest BCUT2D eigenvalue weighted by atomic mass is 10.1. The predicted octanol–water partition coefficient (Wildman–Crippen LogP) is 2.38. The molecule has 1 atom stereocenters. The van der Waals surface area contributed by atoms with E-state index in [9.17, 15) is 4.79 Å². The molecule has 2 heteroatoms. The van der Waals surface area contributed by atoms with Crippen LogP contribution in [0.4, 0.5) is 0 Å². The fourth-order valence-corrected chi connectivity index (χ4v) is 1.65. The van der Waals surface area contributed by atoms with Crippen molar-refractivity contribution in [2.45, 2.75) is 18.9 Å². The quantitative estimate of drug-likeness (QED) is 0.744.